The van der Waals surface area contributed by atoms with Gasteiger partial charge in [0.1, 0.15) is 5.82 Å². The molecule has 0 unspecified atom stereocenters. The highest BCUT2D eigenvalue weighted by Gasteiger charge is 2.16. The standard InChI is InChI=1S/C8H14N4O/c9-8-5-7-6-11(3-4-13)1-2-12(7)10-8/h5,13H,1-4,6H2,(H2,9,10). The van der Waals surface area contributed by atoms with Crippen LogP contribution in [0.4, 0.5) is 5.82 Å². The zero-order valence-corrected chi connectivity index (χ0v) is 7.48. The number of aliphatic hydroxyl groups excluding tert-OH is 1. The maximum atomic E-state index is 8.78. The molecule has 72 valence electrons. The van der Waals surface area contributed by atoms with Gasteiger partial charge in [0.2, 0.25) is 0 Å². The molecule has 1 aliphatic rings. The molecule has 1 aromatic heterocycles. The molecule has 0 aromatic carbocycles. The molecule has 0 saturated heterocycles. The van der Waals surface area contributed by atoms with E-state index in [1.54, 1.807) is 0 Å². The summed E-state index contributed by atoms with van der Waals surface area (Å²) in [7, 11) is 0. The fourth-order valence-corrected chi connectivity index (χ4v) is 1.68. The Morgan fingerprint density at radius 2 is 2.38 bits per heavy atom. The van der Waals surface area contributed by atoms with Crippen LogP contribution in [0.1, 0.15) is 5.69 Å². The Labute approximate surface area is 76.8 Å². The normalized spacial score (nSPS) is 17.3. The average Bonchev–Trinajstić information content (AvgIpc) is 2.44. The number of aromatic nitrogens is 2. The monoisotopic (exact) mass is 182 g/mol. The van der Waals surface area contributed by atoms with Crippen LogP contribution in [0.2, 0.25) is 0 Å². The second-order valence-electron chi connectivity index (χ2n) is 3.28. The molecule has 0 radical (unpaired) electrons. The van der Waals surface area contributed by atoms with Crippen LogP contribution in [-0.2, 0) is 13.1 Å². The number of nitrogens with zero attached hydrogens (tertiary/aromatic N) is 3. The van der Waals surface area contributed by atoms with Crippen molar-refractivity contribution in [2.75, 3.05) is 25.4 Å². The van der Waals surface area contributed by atoms with E-state index in [4.69, 9.17) is 10.8 Å². The van der Waals surface area contributed by atoms with E-state index < -0.39 is 0 Å². The Morgan fingerprint density at radius 3 is 3.15 bits per heavy atom. The van der Waals surface area contributed by atoms with Gasteiger partial charge in [-0.3, -0.25) is 9.58 Å². The number of rotatable bonds is 2. The molecule has 1 aliphatic heterocycles. The van der Waals surface area contributed by atoms with Crippen molar-refractivity contribution in [3.8, 4) is 0 Å². The van der Waals surface area contributed by atoms with Gasteiger partial charge in [0, 0.05) is 25.7 Å². The molecule has 0 bridgehead atoms. The fourth-order valence-electron chi connectivity index (χ4n) is 1.68. The molecule has 0 atom stereocenters. The lowest BCUT2D eigenvalue weighted by Crippen LogP contribution is -2.35. The highest BCUT2D eigenvalue weighted by molar-refractivity contribution is 5.29. The van der Waals surface area contributed by atoms with Gasteiger partial charge in [-0.25, -0.2) is 0 Å². The lowest BCUT2D eigenvalue weighted by Gasteiger charge is -2.26. The van der Waals surface area contributed by atoms with Crippen molar-refractivity contribution in [2.24, 2.45) is 0 Å². The van der Waals surface area contributed by atoms with Crippen LogP contribution < -0.4 is 5.73 Å². The molecule has 0 aliphatic carbocycles. The molecule has 0 fully saturated rings. The minimum absolute atomic E-state index is 0.212. The molecule has 1 aromatic rings. The summed E-state index contributed by atoms with van der Waals surface area (Å²) in [6.07, 6.45) is 0. The SMILES string of the molecule is Nc1cc2n(n1)CCN(CCO)C2. The van der Waals surface area contributed by atoms with E-state index in [-0.39, 0.29) is 6.61 Å². The third-order valence-corrected chi connectivity index (χ3v) is 2.31. The molecule has 5 nitrogen and oxygen atoms in total. The molecule has 3 N–H and O–H groups in total. The summed E-state index contributed by atoms with van der Waals surface area (Å²) in [5, 5.41) is 12.9. The minimum atomic E-state index is 0.212. The van der Waals surface area contributed by atoms with Gasteiger partial charge in [-0.2, -0.15) is 5.10 Å². The number of nitrogens with two attached hydrogens (primary N) is 1. The predicted octanol–water partition coefficient (Wildman–Crippen LogP) is -0.727. The number of anilines is 1. The van der Waals surface area contributed by atoms with Gasteiger partial charge in [-0.05, 0) is 0 Å². The molecule has 2 heterocycles. The maximum absolute atomic E-state index is 8.78. The third-order valence-electron chi connectivity index (χ3n) is 2.31. The van der Waals surface area contributed by atoms with Crippen molar-refractivity contribution in [1.82, 2.24) is 14.7 Å². The summed E-state index contributed by atoms with van der Waals surface area (Å²) in [4.78, 5) is 2.19. The van der Waals surface area contributed by atoms with E-state index in [1.165, 1.54) is 0 Å². The van der Waals surface area contributed by atoms with Crippen LogP contribution in [-0.4, -0.2) is 39.5 Å². The number of hydrogen-bond donors (Lipinski definition) is 2. The lowest BCUT2D eigenvalue weighted by atomic mass is 10.3. The van der Waals surface area contributed by atoms with Gasteiger partial charge in [-0.1, -0.05) is 0 Å². The van der Waals surface area contributed by atoms with Crippen LogP contribution in [0.5, 0.6) is 0 Å². The topological polar surface area (TPSA) is 67.3 Å². The van der Waals surface area contributed by atoms with Crippen molar-refractivity contribution in [3.63, 3.8) is 0 Å². The molecule has 0 spiro atoms. The zero-order valence-electron chi connectivity index (χ0n) is 7.48. The Kier molecular flexibility index (Phi) is 2.20. The van der Waals surface area contributed by atoms with Crippen LogP contribution in [0.3, 0.4) is 0 Å². The van der Waals surface area contributed by atoms with Gasteiger partial charge in [0.25, 0.3) is 0 Å². The first-order valence-electron chi connectivity index (χ1n) is 4.45. The van der Waals surface area contributed by atoms with Crippen molar-refractivity contribution < 1.29 is 5.11 Å². The van der Waals surface area contributed by atoms with Crippen LogP contribution in [0.15, 0.2) is 6.07 Å². The molecular formula is C8H14N4O. The first-order chi connectivity index (χ1) is 6.29. The summed E-state index contributed by atoms with van der Waals surface area (Å²) < 4.78 is 1.93. The number of aliphatic hydroxyl groups is 1. The predicted molar refractivity (Wildman–Crippen MR) is 49.0 cm³/mol. The lowest BCUT2D eigenvalue weighted by molar-refractivity contribution is 0.163. The van der Waals surface area contributed by atoms with E-state index in [9.17, 15) is 0 Å². The number of nitrogen functional groups attached to an aromatic ring is 1. The summed E-state index contributed by atoms with van der Waals surface area (Å²) in [5.74, 6) is 0.584. The summed E-state index contributed by atoms with van der Waals surface area (Å²) in [6, 6.07) is 1.89. The highest BCUT2D eigenvalue weighted by atomic mass is 16.3. The van der Waals surface area contributed by atoms with Crippen LogP contribution >= 0.6 is 0 Å². The molecule has 0 saturated carbocycles. The molecule has 0 amide bonds. The smallest absolute Gasteiger partial charge is 0.145 e. The molecular weight excluding hydrogens is 168 g/mol. The number of β-amino-alcohol motifs (C(OH)–C–C–N with tert-alkyl or cyclic N) is 1. The van der Waals surface area contributed by atoms with Crippen LogP contribution in [0.25, 0.3) is 0 Å². The summed E-state index contributed by atoms with van der Waals surface area (Å²) in [5.41, 5.74) is 6.71. The Morgan fingerprint density at radius 1 is 1.54 bits per heavy atom. The largest absolute Gasteiger partial charge is 0.395 e. The van der Waals surface area contributed by atoms with Gasteiger partial charge in [0.15, 0.2) is 0 Å². The first kappa shape index (κ1) is 8.52. The quantitative estimate of drug-likeness (QED) is 0.633. The van der Waals surface area contributed by atoms with E-state index >= 15 is 0 Å². The van der Waals surface area contributed by atoms with Gasteiger partial charge >= 0.3 is 0 Å². The molecule has 2 rings (SSSR count). The van der Waals surface area contributed by atoms with Gasteiger partial charge in [-0.15, -0.1) is 0 Å². The summed E-state index contributed by atoms with van der Waals surface area (Å²) in [6.45, 7) is 3.58. The number of fused-ring (bicyclic) bond motifs is 1. The second kappa shape index (κ2) is 3.35. The highest BCUT2D eigenvalue weighted by Crippen LogP contribution is 2.13. The molecule has 13 heavy (non-hydrogen) atoms. The maximum Gasteiger partial charge on any atom is 0.145 e. The Bertz CT molecular complexity index is 296. The fraction of sp³-hybridized carbons (Fsp3) is 0.625. The Hall–Kier alpha value is -1.07. The average molecular weight is 182 g/mol. The number of hydrogen-bond acceptors (Lipinski definition) is 4. The second-order valence-corrected chi connectivity index (χ2v) is 3.28. The van der Waals surface area contributed by atoms with E-state index in [1.807, 2.05) is 10.7 Å². The van der Waals surface area contributed by atoms with Gasteiger partial charge < -0.3 is 10.8 Å². The first-order valence-corrected chi connectivity index (χ1v) is 4.45. The van der Waals surface area contributed by atoms with Crippen molar-refractivity contribution in [1.29, 1.82) is 0 Å². The minimum Gasteiger partial charge on any atom is -0.395 e. The zero-order chi connectivity index (χ0) is 9.26. The van der Waals surface area contributed by atoms with Gasteiger partial charge in [0.05, 0.1) is 18.8 Å². The van der Waals surface area contributed by atoms with E-state index in [0.29, 0.717) is 5.82 Å². The summed E-state index contributed by atoms with van der Waals surface area (Å²) >= 11 is 0. The Balaban J connectivity index is 2.10. The van der Waals surface area contributed by atoms with Crippen molar-refractivity contribution in [2.45, 2.75) is 13.1 Å². The van der Waals surface area contributed by atoms with E-state index in [0.717, 1.165) is 31.9 Å². The van der Waals surface area contributed by atoms with E-state index in [2.05, 4.69) is 10.00 Å². The van der Waals surface area contributed by atoms with Crippen LogP contribution in [0, 0.1) is 0 Å². The third kappa shape index (κ3) is 1.66. The molecule has 5 heteroatoms. The van der Waals surface area contributed by atoms with Crippen molar-refractivity contribution >= 4 is 5.82 Å². The van der Waals surface area contributed by atoms with Crippen molar-refractivity contribution in [3.05, 3.63) is 11.8 Å².